The lowest BCUT2D eigenvalue weighted by Gasteiger charge is -2.20. The third-order valence-corrected chi connectivity index (χ3v) is 5.21. The SMILES string of the molecule is O=C(CC1CCCCC1)NCc1cncc(-c2cccs2)c1. The Bertz CT molecular complexity index is 603. The van der Waals surface area contributed by atoms with Crippen LogP contribution in [-0.4, -0.2) is 10.9 Å². The van der Waals surface area contributed by atoms with Crippen LogP contribution in [0.5, 0.6) is 0 Å². The first-order valence-corrected chi connectivity index (χ1v) is 8.94. The summed E-state index contributed by atoms with van der Waals surface area (Å²) in [6, 6.07) is 6.24. The fourth-order valence-corrected chi connectivity index (χ4v) is 3.80. The number of nitrogens with zero attached hydrogens (tertiary/aromatic N) is 1. The number of carbonyl (C=O) groups excluding carboxylic acids is 1. The highest BCUT2D eigenvalue weighted by molar-refractivity contribution is 7.13. The molecule has 116 valence electrons. The molecule has 0 aliphatic heterocycles. The zero-order valence-corrected chi connectivity index (χ0v) is 13.6. The summed E-state index contributed by atoms with van der Waals surface area (Å²) in [6.07, 6.45) is 10.7. The third kappa shape index (κ3) is 4.17. The van der Waals surface area contributed by atoms with Crippen molar-refractivity contribution in [2.75, 3.05) is 0 Å². The van der Waals surface area contributed by atoms with Crippen molar-refractivity contribution in [1.29, 1.82) is 0 Å². The van der Waals surface area contributed by atoms with Gasteiger partial charge in [0.15, 0.2) is 0 Å². The number of pyridine rings is 1. The minimum atomic E-state index is 0.174. The van der Waals surface area contributed by atoms with E-state index >= 15 is 0 Å². The van der Waals surface area contributed by atoms with Crippen LogP contribution in [0.1, 0.15) is 44.1 Å². The zero-order valence-electron chi connectivity index (χ0n) is 12.8. The monoisotopic (exact) mass is 314 g/mol. The van der Waals surface area contributed by atoms with Crippen molar-refractivity contribution >= 4 is 17.2 Å². The molecule has 1 saturated carbocycles. The highest BCUT2D eigenvalue weighted by Gasteiger charge is 2.16. The van der Waals surface area contributed by atoms with E-state index in [4.69, 9.17) is 0 Å². The van der Waals surface area contributed by atoms with Gasteiger partial charge in [-0.2, -0.15) is 0 Å². The molecule has 4 heteroatoms. The van der Waals surface area contributed by atoms with Gasteiger partial charge in [0, 0.05) is 35.8 Å². The quantitative estimate of drug-likeness (QED) is 0.889. The number of amides is 1. The van der Waals surface area contributed by atoms with E-state index in [9.17, 15) is 4.79 Å². The molecular weight excluding hydrogens is 292 g/mol. The fraction of sp³-hybridized carbons (Fsp3) is 0.444. The average Bonchev–Trinajstić information content (AvgIpc) is 3.09. The standard InChI is InChI=1S/C18H22N2OS/c21-18(10-14-5-2-1-3-6-14)20-12-15-9-16(13-19-11-15)17-7-4-8-22-17/h4,7-9,11,13-14H,1-3,5-6,10,12H2,(H,20,21). The van der Waals surface area contributed by atoms with Gasteiger partial charge in [0.05, 0.1) is 0 Å². The Hall–Kier alpha value is -1.68. The maximum absolute atomic E-state index is 12.1. The smallest absolute Gasteiger partial charge is 0.220 e. The van der Waals surface area contributed by atoms with E-state index in [0.29, 0.717) is 18.9 Å². The molecule has 0 atom stereocenters. The van der Waals surface area contributed by atoms with Crippen molar-refractivity contribution in [3.63, 3.8) is 0 Å². The summed E-state index contributed by atoms with van der Waals surface area (Å²) in [5, 5.41) is 5.11. The summed E-state index contributed by atoms with van der Waals surface area (Å²) in [5.41, 5.74) is 2.18. The number of carbonyl (C=O) groups is 1. The highest BCUT2D eigenvalue weighted by Crippen LogP contribution is 2.26. The van der Waals surface area contributed by atoms with Gasteiger partial charge in [-0.05, 0) is 41.8 Å². The van der Waals surface area contributed by atoms with Crippen molar-refractivity contribution in [2.45, 2.75) is 45.1 Å². The molecule has 1 amide bonds. The van der Waals surface area contributed by atoms with Crippen LogP contribution in [0.15, 0.2) is 36.0 Å². The van der Waals surface area contributed by atoms with Crippen molar-refractivity contribution < 1.29 is 4.79 Å². The van der Waals surface area contributed by atoms with Crippen LogP contribution in [-0.2, 0) is 11.3 Å². The maximum atomic E-state index is 12.1. The molecule has 2 heterocycles. The summed E-state index contributed by atoms with van der Waals surface area (Å²) in [5.74, 6) is 0.762. The largest absolute Gasteiger partial charge is 0.352 e. The summed E-state index contributed by atoms with van der Waals surface area (Å²) in [7, 11) is 0. The number of hydrogen-bond donors (Lipinski definition) is 1. The van der Waals surface area contributed by atoms with Crippen LogP contribution in [0, 0.1) is 5.92 Å². The second kappa shape index (κ2) is 7.54. The first-order chi connectivity index (χ1) is 10.8. The van der Waals surface area contributed by atoms with Crippen LogP contribution in [0.2, 0.25) is 0 Å². The molecule has 0 bridgehead atoms. The Balaban J connectivity index is 1.52. The van der Waals surface area contributed by atoms with E-state index < -0.39 is 0 Å². The van der Waals surface area contributed by atoms with Crippen LogP contribution >= 0.6 is 11.3 Å². The Kier molecular flexibility index (Phi) is 5.22. The average molecular weight is 314 g/mol. The molecular formula is C18H22N2OS. The van der Waals surface area contributed by atoms with Crippen molar-refractivity contribution in [3.05, 3.63) is 41.5 Å². The fourth-order valence-electron chi connectivity index (χ4n) is 3.09. The highest BCUT2D eigenvalue weighted by atomic mass is 32.1. The van der Waals surface area contributed by atoms with Gasteiger partial charge in [-0.15, -0.1) is 11.3 Å². The van der Waals surface area contributed by atoms with Gasteiger partial charge in [-0.3, -0.25) is 9.78 Å². The Labute approximate surface area is 135 Å². The second-order valence-corrected chi connectivity index (χ2v) is 6.99. The molecule has 0 saturated heterocycles. The molecule has 0 spiro atoms. The predicted molar refractivity (Wildman–Crippen MR) is 90.6 cm³/mol. The van der Waals surface area contributed by atoms with Gasteiger partial charge in [-0.1, -0.05) is 25.3 Å². The van der Waals surface area contributed by atoms with Crippen molar-refractivity contribution in [1.82, 2.24) is 10.3 Å². The molecule has 1 aliphatic carbocycles. The lowest BCUT2D eigenvalue weighted by molar-refractivity contribution is -0.122. The van der Waals surface area contributed by atoms with Gasteiger partial charge >= 0.3 is 0 Å². The molecule has 0 unspecified atom stereocenters. The molecule has 22 heavy (non-hydrogen) atoms. The molecule has 0 radical (unpaired) electrons. The zero-order chi connectivity index (χ0) is 15.2. The number of thiophene rings is 1. The second-order valence-electron chi connectivity index (χ2n) is 6.04. The van der Waals surface area contributed by atoms with E-state index in [0.717, 1.165) is 11.1 Å². The van der Waals surface area contributed by atoms with E-state index in [1.165, 1.54) is 37.0 Å². The van der Waals surface area contributed by atoms with Crippen LogP contribution in [0.4, 0.5) is 0 Å². The molecule has 0 aromatic carbocycles. The third-order valence-electron chi connectivity index (χ3n) is 4.29. The number of hydrogen-bond acceptors (Lipinski definition) is 3. The normalized spacial score (nSPS) is 15.6. The van der Waals surface area contributed by atoms with Crippen LogP contribution in [0.3, 0.4) is 0 Å². The van der Waals surface area contributed by atoms with E-state index in [1.807, 2.05) is 18.5 Å². The lowest BCUT2D eigenvalue weighted by Crippen LogP contribution is -2.25. The van der Waals surface area contributed by atoms with Crippen molar-refractivity contribution in [3.8, 4) is 10.4 Å². The predicted octanol–water partition coefficient (Wildman–Crippen LogP) is 4.40. The number of nitrogens with one attached hydrogen (secondary N) is 1. The molecule has 3 nitrogen and oxygen atoms in total. The molecule has 2 aromatic heterocycles. The maximum Gasteiger partial charge on any atom is 0.220 e. The van der Waals surface area contributed by atoms with Crippen LogP contribution in [0.25, 0.3) is 10.4 Å². The molecule has 2 aromatic rings. The molecule has 1 aliphatic rings. The molecule has 1 N–H and O–H groups in total. The van der Waals surface area contributed by atoms with E-state index in [1.54, 1.807) is 11.3 Å². The minimum Gasteiger partial charge on any atom is -0.352 e. The number of rotatable bonds is 5. The topological polar surface area (TPSA) is 42.0 Å². The van der Waals surface area contributed by atoms with Gasteiger partial charge < -0.3 is 5.32 Å². The summed E-state index contributed by atoms with van der Waals surface area (Å²) >= 11 is 1.71. The van der Waals surface area contributed by atoms with E-state index in [-0.39, 0.29) is 5.91 Å². The van der Waals surface area contributed by atoms with Gasteiger partial charge in [-0.25, -0.2) is 0 Å². The van der Waals surface area contributed by atoms with E-state index in [2.05, 4.69) is 27.8 Å². The summed E-state index contributed by atoms with van der Waals surface area (Å²) in [4.78, 5) is 17.6. The Morgan fingerprint density at radius 3 is 2.91 bits per heavy atom. The Morgan fingerprint density at radius 1 is 1.27 bits per heavy atom. The first kappa shape index (κ1) is 15.2. The van der Waals surface area contributed by atoms with Gasteiger partial charge in [0.2, 0.25) is 5.91 Å². The summed E-state index contributed by atoms with van der Waals surface area (Å²) < 4.78 is 0. The van der Waals surface area contributed by atoms with Crippen LogP contribution < -0.4 is 5.32 Å². The van der Waals surface area contributed by atoms with Gasteiger partial charge in [0.1, 0.15) is 0 Å². The molecule has 1 fully saturated rings. The summed E-state index contributed by atoms with van der Waals surface area (Å²) in [6.45, 7) is 0.567. The number of aromatic nitrogens is 1. The van der Waals surface area contributed by atoms with Gasteiger partial charge in [0.25, 0.3) is 0 Å². The minimum absolute atomic E-state index is 0.174. The lowest BCUT2D eigenvalue weighted by atomic mass is 9.87. The molecule has 3 rings (SSSR count). The van der Waals surface area contributed by atoms with Crippen molar-refractivity contribution in [2.24, 2.45) is 5.92 Å². The first-order valence-electron chi connectivity index (χ1n) is 8.06. The Morgan fingerprint density at radius 2 is 2.14 bits per heavy atom.